The van der Waals surface area contributed by atoms with Crippen molar-refractivity contribution in [2.45, 2.75) is 12.6 Å². The number of carboxylic acids is 1. The van der Waals surface area contributed by atoms with E-state index in [4.69, 9.17) is 0 Å². The van der Waals surface area contributed by atoms with Crippen molar-refractivity contribution in [3.05, 3.63) is 47.0 Å². The van der Waals surface area contributed by atoms with E-state index >= 15 is 0 Å². The molecule has 2 aromatic rings. The highest BCUT2D eigenvalue weighted by Gasteiger charge is 2.27. The molecule has 118 valence electrons. The first-order valence-corrected chi connectivity index (χ1v) is 6.22. The predicted octanol–water partition coefficient (Wildman–Crippen LogP) is 1.49. The van der Waals surface area contributed by atoms with Gasteiger partial charge in [-0.2, -0.15) is 0 Å². The van der Waals surface area contributed by atoms with Crippen LogP contribution >= 0.6 is 0 Å². The second-order valence-electron chi connectivity index (χ2n) is 4.84. The Kier molecular flexibility index (Phi) is 4.45. The Bertz CT molecular complexity index is 681. The number of hydrogen-bond donors (Lipinski definition) is 1. The van der Waals surface area contributed by atoms with Crippen molar-refractivity contribution < 1.29 is 23.1 Å². The Morgan fingerprint density at radius 3 is 2.41 bits per heavy atom. The van der Waals surface area contributed by atoms with Gasteiger partial charge in [0.1, 0.15) is 6.04 Å². The van der Waals surface area contributed by atoms with Gasteiger partial charge in [-0.3, -0.25) is 14.4 Å². The predicted molar refractivity (Wildman–Crippen MR) is 69.2 cm³/mol. The maximum Gasteiger partial charge on any atom is 0.325 e. The minimum Gasteiger partial charge on any atom is -0.480 e. The molecule has 0 bridgehead atoms. The molecule has 0 fully saturated rings. The Morgan fingerprint density at radius 1 is 1.36 bits per heavy atom. The summed E-state index contributed by atoms with van der Waals surface area (Å²) in [6.07, 6.45) is 1.58. The van der Waals surface area contributed by atoms with Gasteiger partial charge in [0.2, 0.25) is 0 Å². The minimum absolute atomic E-state index is 0.0887. The largest absolute Gasteiger partial charge is 0.480 e. The first-order valence-electron chi connectivity index (χ1n) is 6.22. The van der Waals surface area contributed by atoms with Gasteiger partial charge < -0.3 is 5.11 Å². The van der Waals surface area contributed by atoms with Crippen molar-refractivity contribution in [2.24, 2.45) is 7.05 Å². The van der Waals surface area contributed by atoms with E-state index in [0.717, 1.165) is 0 Å². The van der Waals surface area contributed by atoms with E-state index < -0.39 is 29.5 Å². The molecule has 0 aliphatic rings. The van der Waals surface area contributed by atoms with Crippen molar-refractivity contribution in [2.75, 3.05) is 7.05 Å². The van der Waals surface area contributed by atoms with Gasteiger partial charge in [-0.25, -0.2) is 13.2 Å². The van der Waals surface area contributed by atoms with E-state index in [-0.39, 0.29) is 12.1 Å². The van der Waals surface area contributed by atoms with Crippen LogP contribution in [0.1, 0.15) is 17.3 Å². The molecule has 6 nitrogen and oxygen atoms in total. The Balaban J connectivity index is 2.31. The molecule has 1 heterocycles. The van der Waals surface area contributed by atoms with Gasteiger partial charge in [-0.1, -0.05) is 5.21 Å². The van der Waals surface area contributed by atoms with E-state index in [1.807, 2.05) is 0 Å². The molecule has 0 spiro atoms. The van der Waals surface area contributed by atoms with Crippen LogP contribution in [0.25, 0.3) is 0 Å². The quantitative estimate of drug-likeness (QED) is 0.847. The summed E-state index contributed by atoms with van der Waals surface area (Å²) in [4.78, 5) is 12.7. The van der Waals surface area contributed by atoms with E-state index in [9.17, 15) is 23.1 Å². The third-order valence-electron chi connectivity index (χ3n) is 3.06. The molecule has 1 N–H and O–H groups in total. The van der Waals surface area contributed by atoms with Crippen molar-refractivity contribution in [1.29, 1.82) is 0 Å². The van der Waals surface area contributed by atoms with Crippen LogP contribution in [0.15, 0.2) is 18.3 Å². The number of carboxylic acid groups (broad SMARTS) is 1. The van der Waals surface area contributed by atoms with Crippen LogP contribution in [0.5, 0.6) is 0 Å². The summed E-state index contributed by atoms with van der Waals surface area (Å²) in [6, 6.07) is -0.0130. The zero-order chi connectivity index (χ0) is 16.4. The van der Waals surface area contributed by atoms with Gasteiger partial charge in [0.15, 0.2) is 17.5 Å². The normalized spacial score (nSPS) is 12.6. The maximum absolute atomic E-state index is 13.3. The summed E-state index contributed by atoms with van der Waals surface area (Å²) in [7, 11) is 3.10. The fourth-order valence-electron chi connectivity index (χ4n) is 2.13. The van der Waals surface area contributed by atoms with Gasteiger partial charge in [0.05, 0.1) is 5.69 Å². The van der Waals surface area contributed by atoms with Crippen LogP contribution < -0.4 is 0 Å². The number of nitrogens with zero attached hydrogens (tertiary/aromatic N) is 4. The van der Waals surface area contributed by atoms with Crippen LogP contribution in [-0.4, -0.2) is 38.0 Å². The van der Waals surface area contributed by atoms with Crippen molar-refractivity contribution in [3.8, 4) is 0 Å². The molecule has 0 radical (unpaired) electrons. The monoisotopic (exact) mass is 314 g/mol. The number of carbonyl (C=O) groups is 1. The summed E-state index contributed by atoms with van der Waals surface area (Å²) in [6.45, 7) is 0.0887. The minimum atomic E-state index is -1.63. The second-order valence-corrected chi connectivity index (χ2v) is 4.84. The number of aliphatic carboxylic acids is 1. The third kappa shape index (κ3) is 3.25. The number of rotatable bonds is 5. The average molecular weight is 314 g/mol. The molecular weight excluding hydrogens is 301 g/mol. The average Bonchev–Trinajstić information content (AvgIpc) is 2.80. The molecule has 1 aromatic carbocycles. The van der Waals surface area contributed by atoms with Gasteiger partial charge in [0, 0.05) is 19.8 Å². The zero-order valence-corrected chi connectivity index (χ0v) is 11.8. The van der Waals surface area contributed by atoms with Crippen LogP contribution in [-0.2, 0) is 18.4 Å². The molecule has 0 aliphatic heterocycles. The summed E-state index contributed by atoms with van der Waals surface area (Å²) in [5, 5.41) is 16.8. The number of likely N-dealkylation sites (N-methyl/N-ethyl adjacent to an activating group) is 1. The molecule has 9 heteroatoms. The van der Waals surface area contributed by atoms with Crippen molar-refractivity contribution in [3.63, 3.8) is 0 Å². The van der Waals surface area contributed by atoms with Gasteiger partial charge in [-0.05, 0) is 24.7 Å². The molecule has 2 rings (SSSR count). The van der Waals surface area contributed by atoms with Gasteiger partial charge >= 0.3 is 5.97 Å². The Labute approximate surface area is 123 Å². The number of halogens is 3. The summed E-state index contributed by atoms with van der Waals surface area (Å²) in [5.74, 6) is -5.83. The standard InChI is InChI=1S/C13H13F3N4O2/c1-19(5-8-6-20(2)18-17-8)12(13(21)22)7-3-9(14)11(16)10(15)4-7/h3-4,6,12H,5H2,1-2H3,(H,21,22). The molecule has 1 atom stereocenters. The topological polar surface area (TPSA) is 71.2 Å². The molecular formula is C13H13F3N4O2. The van der Waals surface area contributed by atoms with E-state index in [0.29, 0.717) is 17.8 Å². The van der Waals surface area contributed by atoms with Gasteiger partial charge in [-0.15, -0.1) is 5.10 Å². The molecule has 0 saturated carbocycles. The lowest BCUT2D eigenvalue weighted by Crippen LogP contribution is -2.31. The summed E-state index contributed by atoms with van der Waals surface area (Å²) in [5.41, 5.74) is 0.287. The van der Waals surface area contributed by atoms with Crippen LogP contribution in [0.4, 0.5) is 13.2 Å². The van der Waals surface area contributed by atoms with Crippen LogP contribution in [0.3, 0.4) is 0 Å². The molecule has 0 amide bonds. The number of aryl methyl sites for hydroxylation is 1. The summed E-state index contributed by atoms with van der Waals surface area (Å²) >= 11 is 0. The smallest absolute Gasteiger partial charge is 0.325 e. The third-order valence-corrected chi connectivity index (χ3v) is 3.06. The zero-order valence-electron chi connectivity index (χ0n) is 11.8. The number of aromatic nitrogens is 3. The maximum atomic E-state index is 13.3. The lowest BCUT2D eigenvalue weighted by molar-refractivity contribution is -0.143. The highest BCUT2D eigenvalue weighted by molar-refractivity contribution is 5.75. The fourth-order valence-corrected chi connectivity index (χ4v) is 2.13. The van der Waals surface area contributed by atoms with Crippen LogP contribution in [0.2, 0.25) is 0 Å². The molecule has 0 aliphatic carbocycles. The lowest BCUT2D eigenvalue weighted by atomic mass is 10.0. The molecule has 22 heavy (non-hydrogen) atoms. The highest BCUT2D eigenvalue weighted by atomic mass is 19.2. The highest BCUT2D eigenvalue weighted by Crippen LogP contribution is 2.24. The molecule has 0 saturated heterocycles. The van der Waals surface area contributed by atoms with Crippen molar-refractivity contribution >= 4 is 5.97 Å². The number of benzene rings is 1. The second kappa shape index (κ2) is 6.14. The SMILES string of the molecule is CN(Cc1cn(C)nn1)C(C(=O)O)c1cc(F)c(F)c(F)c1. The van der Waals surface area contributed by atoms with E-state index in [2.05, 4.69) is 10.3 Å². The summed E-state index contributed by atoms with van der Waals surface area (Å²) < 4.78 is 41.0. The molecule has 1 aromatic heterocycles. The Hall–Kier alpha value is -2.42. The lowest BCUT2D eigenvalue weighted by Gasteiger charge is -2.24. The first-order chi connectivity index (χ1) is 10.3. The Morgan fingerprint density at radius 2 is 1.95 bits per heavy atom. The van der Waals surface area contributed by atoms with Crippen LogP contribution in [0, 0.1) is 17.5 Å². The van der Waals surface area contributed by atoms with E-state index in [1.54, 1.807) is 13.2 Å². The first kappa shape index (κ1) is 16.0. The van der Waals surface area contributed by atoms with Gasteiger partial charge in [0.25, 0.3) is 0 Å². The van der Waals surface area contributed by atoms with Crippen molar-refractivity contribution in [1.82, 2.24) is 19.9 Å². The number of hydrogen-bond acceptors (Lipinski definition) is 4. The fraction of sp³-hybridized carbons (Fsp3) is 0.308. The van der Waals surface area contributed by atoms with E-state index in [1.165, 1.54) is 16.6 Å². The molecule has 1 unspecified atom stereocenters.